The van der Waals surface area contributed by atoms with E-state index < -0.39 is 16.7 Å². The number of thioether (sulfide) groups is 1. The number of rotatable bonds is 10. The summed E-state index contributed by atoms with van der Waals surface area (Å²) in [5.41, 5.74) is 1.20. The lowest BCUT2D eigenvalue weighted by Crippen LogP contribution is -2.30. The van der Waals surface area contributed by atoms with Crippen molar-refractivity contribution in [3.8, 4) is 0 Å². The van der Waals surface area contributed by atoms with Crippen LogP contribution in [0.4, 0.5) is 11.4 Å². The zero-order chi connectivity index (χ0) is 25.9. The van der Waals surface area contributed by atoms with Gasteiger partial charge in [0.25, 0.3) is 17.5 Å². The molecule has 0 heterocycles. The smallest absolute Gasteiger partial charge is 0.316 e. The molecule has 0 atom stereocenters. The van der Waals surface area contributed by atoms with Crippen molar-refractivity contribution in [2.24, 2.45) is 0 Å². The number of nitro benzene ring substituents is 1. The summed E-state index contributed by atoms with van der Waals surface area (Å²) in [6.45, 7) is 2.06. The molecule has 0 aliphatic heterocycles. The summed E-state index contributed by atoms with van der Waals surface area (Å²) in [5.74, 6) is -1.20. The van der Waals surface area contributed by atoms with Crippen LogP contribution in [-0.2, 0) is 14.3 Å². The molecule has 0 spiro atoms. The third-order valence-corrected chi connectivity index (χ3v) is 5.70. The Balaban J connectivity index is 1.77. The molecule has 0 unspecified atom stereocenters. The molecule has 3 rings (SSSR count). The largest absolute Gasteiger partial charge is 0.465 e. The number of hydrogen-bond acceptors (Lipinski definition) is 7. The summed E-state index contributed by atoms with van der Waals surface area (Å²) in [6, 6.07) is 20.8. The number of carbonyl (C=O) groups excluding carboxylic acids is 3. The number of nitro groups is 1. The first-order chi connectivity index (χ1) is 17.4. The number of esters is 1. The second kappa shape index (κ2) is 12.9. The van der Waals surface area contributed by atoms with Gasteiger partial charge in [0.1, 0.15) is 5.70 Å². The van der Waals surface area contributed by atoms with Gasteiger partial charge in [0.2, 0.25) is 0 Å². The van der Waals surface area contributed by atoms with Crippen LogP contribution in [0.25, 0.3) is 6.08 Å². The number of anilines is 1. The van der Waals surface area contributed by atoms with Gasteiger partial charge in [-0.25, -0.2) is 0 Å². The first-order valence-electron chi connectivity index (χ1n) is 10.9. The lowest BCUT2D eigenvalue weighted by atomic mass is 10.1. The molecule has 3 aromatic rings. The number of hydrogen-bond donors (Lipinski definition) is 2. The quantitative estimate of drug-likeness (QED) is 0.135. The summed E-state index contributed by atoms with van der Waals surface area (Å²) in [5, 5.41) is 16.3. The molecule has 0 aromatic heterocycles. The topological polar surface area (TPSA) is 128 Å². The highest BCUT2D eigenvalue weighted by atomic mass is 32.2. The van der Waals surface area contributed by atoms with Crippen molar-refractivity contribution < 1.29 is 24.0 Å². The van der Waals surface area contributed by atoms with E-state index >= 15 is 0 Å². The van der Waals surface area contributed by atoms with Crippen molar-refractivity contribution in [1.29, 1.82) is 0 Å². The minimum absolute atomic E-state index is 0.0431. The molecule has 0 saturated carbocycles. The van der Waals surface area contributed by atoms with Gasteiger partial charge < -0.3 is 15.4 Å². The number of ether oxygens (including phenoxy) is 1. The molecule has 0 aliphatic carbocycles. The van der Waals surface area contributed by atoms with Gasteiger partial charge in [-0.2, -0.15) is 0 Å². The van der Waals surface area contributed by atoms with E-state index in [9.17, 15) is 24.5 Å². The van der Waals surface area contributed by atoms with Crippen molar-refractivity contribution >= 4 is 47.0 Å². The maximum atomic E-state index is 13.1. The van der Waals surface area contributed by atoms with Crippen LogP contribution >= 0.6 is 11.8 Å². The van der Waals surface area contributed by atoms with E-state index in [-0.39, 0.29) is 23.1 Å². The molecule has 0 bridgehead atoms. The van der Waals surface area contributed by atoms with E-state index in [1.54, 1.807) is 61.5 Å². The van der Waals surface area contributed by atoms with Crippen LogP contribution in [0.1, 0.15) is 22.8 Å². The molecule has 0 aliphatic rings. The van der Waals surface area contributed by atoms with E-state index in [1.165, 1.54) is 42.1 Å². The van der Waals surface area contributed by atoms with Crippen molar-refractivity contribution in [3.63, 3.8) is 0 Å². The van der Waals surface area contributed by atoms with Gasteiger partial charge in [0.15, 0.2) is 0 Å². The van der Waals surface area contributed by atoms with Crippen molar-refractivity contribution in [1.82, 2.24) is 5.32 Å². The molecule has 184 valence electrons. The molecule has 36 heavy (non-hydrogen) atoms. The van der Waals surface area contributed by atoms with Crippen LogP contribution in [0.15, 0.2) is 89.5 Å². The molecule has 0 saturated heterocycles. The number of carbonyl (C=O) groups is 3. The SMILES string of the molecule is CCOC(=O)CSc1ccc(NC(=O)/C(=C/c2ccc([N+](=O)[O-])cc2)NC(=O)c2ccccc2)cc1. The number of nitrogens with one attached hydrogen (secondary N) is 2. The van der Waals surface area contributed by atoms with Crippen LogP contribution < -0.4 is 10.6 Å². The lowest BCUT2D eigenvalue weighted by Gasteiger charge is -2.12. The fourth-order valence-electron chi connectivity index (χ4n) is 2.98. The summed E-state index contributed by atoms with van der Waals surface area (Å²) < 4.78 is 4.91. The fraction of sp³-hybridized carbons (Fsp3) is 0.115. The maximum Gasteiger partial charge on any atom is 0.316 e. The van der Waals surface area contributed by atoms with Gasteiger partial charge in [-0.15, -0.1) is 11.8 Å². The summed E-state index contributed by atoms with van der Waals surface area (Å²) >= 11 is 1.31. The number of benzene rings is 3. The number of amides is 2. The molecular weight excluding hydrogens is 482 g/mol. The third-order valence-electron chi connectivity index (χ3n) is 4.72. The summed E-state index contributed by atoms with van der Waals surface area (Å²) in [7, 11) is 0. The highest BCUT2D eigenvalue weighted by Gasteiger charge is 2.16. The average molecular weight is 506 g/mol. The van der Waals surface area contributed by atoms with E-state index in [2.05, 4.69) is 10.6 Å². The zero-order valence-electron chi connectivity index (χ0n) is 19.3. The fourth-order valence-corrected chi connectivity index (χ4v) is 3.68. The lowest BCUT2D eigenvalue weighted by molar-refractivity contribution is -0.384. The normalized spacial score (nSPS) is 10.9. The molecule has 2 amide bonds. The summed E-state index contributed by atoms with van der Waals surface area (Å²) in [4.78, 5) is 48.5. The Morgan fingerprint density at radius 1 is 0.972 bits per heavy atom. The van der Waals surface area contributed by atoms with Crippen molar-refractivity contribution in [3.05, 3.63) is 106 Å². The Labute approximate surface area is 211 Å². The second-order valence-corrected chi connectivity index (χ2v) is 8.35. The Kier molecular flexibility index (Phi) is 9.35. The molecule has 2 N–H and O–H groups in total. The second-order valence-electron chi connectivity index (χ2n) is 7.30. The highest BCUT2D eigenvalue weighted by molar-refractivity contribution is 8.00. The summed E-state index contributed by atoms with van der Waals surface area (Å²) in [6.07, 6.45) is 1.43. The predicted molar refractivity (Wildman–Crippen MR) is 137 cm³/mol. The molecule has 0 radical (unpaired) electrons. The zero-order valence-corrected chi connectivity index (χ0v) is 20.1. The number of non-ortho nitro benzene ring substituents is 1. The van der Waals surface area contributed by atoms with E-state index in [4.69, 9.17) is 4.74 Å². The van der Waals surface area contributed by atoms with Crippen LogP contribution in [0.2, 0.25) is 0 Å². The number of nitrogens with zero attached hydrogens (tertiary/aromatic N) is 1. The van der Waals surface area contributed by atoms with Gasteiger partial charge in [-0.1, -0.05) is 18.2 Å². The van der Waals surface area contributed by atoms with Crippen molar-refractivity contribution in [2.45, 2.75) is 11.8 Å². The highest BCUT2D eigenvalue weighted by Crippen LogP contribution is 2.21. The molecule has 10 heteroatoms. The minimum atomic E-state index is -0.579. The van der Waals surface area contributed by atoms with E-state index in [0.717, 1.165) is 4.90 Å². The minimum Gasteiger partial charge on any atom is -0.465 e. The Morgan fingerprint density at radius 3 is 2.25 bits per heavy atom. The van der Waals surface area contributed by atoms with E-state index in [1.807, 2.05) is 0 Å². The average Bonchev–Trinajstić information content (AvgIpc) is 2.89. The van der Waals surface area contributed by atoms with Crippen LogP contribution in [0, 0.1) is 10.1 Å². The molecule has 0 fully saturated rings. The van der Waals surface area contributed by atoms with Gasteiger partial charge in [-0.05, 0) is 67.1 Å². The van der Waals surface area contributed by atoms with Crippen molar-refractivity contribution in [2.75, 3.05) is 17.7 Å². The predicted octanol–water partition coefficient (Wildman–Crippen LogP) is 4.66. The van der Waals surface area contributed by atoms with E-state index in [0.29, 0.717) is 23.4 Å². The monoisotopic (exact) mass is 505 g/mol. The van der Waals surface area contributed by atoms with Gasteiger partial charge >= 0.3 is 5.97 Å². The Morgan fingerprint density at radius 2 is 1.64 bits per heavy atom. The maximum absolute atomic E-state index is 13.1. The van der Waals surface area contributed by atoms with Gasteiger partial charge in [0, 0.05) is 28.3 Å². The van der Waals surface area contributed by atoms with Crippen LogP contribution in [-0.4, -0.2) is 35.1 Å². The third kappa shape index (κ3) is 7.81. The molecule has 3 aromatic carbocycles. The Hall–Kier alpha value is -4.44. The molecule has 9 nitrogen and oxygen atoms in total. The first-order valence-corrected chi connectivity index (χ1v) is 11.9. The van der Waals surface area contributed by atoms with Crippen LogP contribution in [0.5, 0.6) is 0 Å². The Bertz CT molecular complexity index is 1260. The van der Waals surface area contributed by atoms with Gasteiger partial charge in [0.05, 0.1) is 17.3 Å². The molecular formula is C26H23N3O6S. The van der Waals surface area contributed by atoms with Crippen LogP contribution in [0.3, 0.4) is 0 Å². The van der Waals surface area contributed by atoms with Gasteiger partial charge in [-0.3, -0.25) is 24.5 Å². The standard InChI is InChI=1S/C26H23N3O6S/c1-2-35-24(30)17-36-22-14-10-20(11-15-22)27-26(32)23(28-25(31)19-6-4-3-5-7-19)16-18-8-12-21(13-9-18)29(33)34/h3-16H,2,17H2,1H3,(H,27,32)(H,28,31)/b23-16-. The first kappa shape index (κ1) is 26.2.